The molecule has 142 valence electrons. The topological polar surface area (TPSA) is 115 Å². The summed E-state index contributed by atoms with van der Waals surface area (Å²) >= 11 is 6.05. The number of ether oxygens (including phenoxy) is 1. The number of anilines is 1. The molecule has 3 atom stereocenters. The van der Waals surface area contributed by atoms with Crippen LogP contribution < -0.4 is 5.48 Å². The van der Waals surface area contributed by atoms with Crippen molar-refractivity contribution in [3.63, 3.8) is 0 Å². The maximum Gasteiger partial charge on any atom is 0.226 e. The number of aliphatic hydroxyl groups is 2. The van der Waals surface area contributed by atoms with E-state index in [1.165, 1.54) is 4.68 Å². The Morgan fingerprint density at radius 2 is 2.11 bits per heavy atom. The van der Waals surface area contributed by atoms with Crippen molar-refractivity contribution >= 4 is 28.5 Å². The Morgan fingerprint density at radius 1 is 1.30 bits per heavy atom. The summed E-state index contributed by atoms with van der Waals surface area (Å²) in [5, 5.41) is 24.3. The van der Waals surface area contributed by atoms with Crippen LogP contribution in [0, 0.1) is 0 Å². The summed E-state index contributed by atoms with van der Waals surface area (Å²) < 4.78 is 7.08. The van der Waals surface area contributed by atoms with Gasteiger partial charge in [-0.05, 0) is 17.2 Å². The van der Waals surface area contributed by atoms with Gasteiger partial charge in [-0.2, -0.15) is 15.1 Å². The molecule has 1 aliphatic heterocycles. The fourth-order valence-corrected chi connectivity index (χ4v) is 3.16. The molecule has 10 heteroatoms. The first-order valence-electron chi connectivity index (χ1n) is 8.42. The van der Waals surface area contributed by atoms with E-state index in [4.69, 9.17) is 21.2 Å². The van der Waals surface area contributed by atoms with Gasteiger partial charge in [0, 0.05) is 6.42 Å². The quantitative estimate of drug-likeness (QED) is 0.429. The molecule has 2 aromatic heterocycles. The van der Waals surface area contributed by atoms with Gasteiger partial charge < -0.3 is 14.9 Å². The fourth-order valence-electron chi connectivity index (χ4n) is 2.99. The molecule has 9 nitrogen and oxygen atoms in total. The number of halogens is 1. The van der Waals surface area contributed by atoms with Gasteiger partial charge >= 0.3 is 0 Å². The number of rotatable bonds is 6. The second-order valence-electron chi connectivity index (χ2n) is 6.18. The fraction of sp³-hybridized carbons (Fsp3) is 0.353. The highest BCUT2D eigenvalue weighted by atomic mass is 35.5. The Hall–Kier alpha value is -2.30. The van der Waals surface area contributed by atoms with Crippen molar-refractivity contribution in [2.45, 2.75) is 31.5 Å². The molecule has 0 bridgehead atoms. The Morgan fingerprint density at radius 3 is 2.85 bits per heavy atom. The lowest BCUT2D eigenvalue weighted by molar-refractivity contribution is -0.0548. The lowest BCUT2D eigenvalue weighted by Gasteiger charge is -2.15. The average molecular weight is 392 g/mol. The highest BCUT2D eigenvalue weighted by Gasteiger charge is 2.36. The zero-order valence-electron chi connectivity index (χ0n) is 14.2. The molecular weight excluding hydrogens is 374 g/mol. The first-order chi connectivity index (χ1) is 13.2. The van der Waals surface area contributed by atoms with Gasteiger partial charge in [-0.3, -0.25) is 4.84 Å². The SMILES string of the molecule is OC[C@@H]1C[C@@H](O)[C@H](n2ncc3c(NOCc4ccccc4)nc(Cl)nc32)O1. The number of nitrogens with zero attached hydrogens (tertiary/aromatic N) is 4. The zero-order valence-corrected chi connectivity index (χ0v) is 15.0. The third kappa shape index (κ3) is 3.73. The van der Waals surface area contributed by atoms with Crippen molar-refractivity contribution in [1.82, 2.24) is 19.7 Å². The van der Waals surface area contributed by atoms with Crippen LogP contribution in [0.5, 0.6) is 0 Å². The van der Waals surface area contributed by atoms with Gasteiger partial charge in [-0.15, -0.1) is 0 Å². The van der Waals surface area contributed by atoms with Crippen molar-refractivity contribution in [3.05, 3.63) is 47.4 Å². The van der Waals surface area contributed by atoms with E-state index < -0.39 is 18.4 Å². The smallest absolute Gasteiger partial charge is 0.226 e. The zero-order chi connectivity index (χ0) is 18.8. The van der Waals surface area contributed by atoms with Gasteiger partial charge in [0.15, 0.2) is 17.7 Å². The van der Waals surface area contributed by atoms with Crippen molar-refractivity contribution in [3.8, 4) is 0 Å². The van der Waals surface area contributed by atoms with Crippen LogP contribution in [0.25, 0.3) is 11.0 Å². The second kappa shape index (κ2) is 7.75. The maximum atomic E-state index is 10.2. The monoisotopic (exact) mass is 391 g/mol. The minimum Gasteiger partial charge on any atom is -0.394 e. The number of nitrogens with one attached hydrogen (secondary N) is 1. The molecule has 1 aliphatic rings. The second-order valence-corrected chi connectivity index (χ2v) is 6.52. The van der Waals surface area contributed by atoms with Crippen molar-refractivity contribution in [1.29, 1.82) is 0 Å². The molecule has 4 rings (SSSR count). The van der Waals surface area contributed by atoms with E-state index in [-0.39, 0.29) is 11.9 Å². The number of aromatic nitrogens is 4. The Kier molecular flexibility index (Phi) is 5.19. The van der Waals surface area contributed by atoms with Crippen LogP contribution in [-0.4, -0.2) is 48.8 Å². The molecule has 1 aromatic carbocycles. The van der Waals surface area contributed by atoms with Gasteiger partial charge in [0.1, 0.15) is 6.10 Å². The van der Waals surface area contributed by atoms with Crippen LogP contribution in [0.4, 0.5) is 5.82 Å². The predicted octanol–water partition coefficient (Wildman–Crippen LogP) is 1.66. The molecule has 0 radical (unpaired) electrons. The number of fused-ring (bicyclic) bond motifs is 1. The molecule has 0 saturated carbocycles. The molecule has 27 heavy (non-hydrogen) atoms. The molecule has 3 heterocycles. The summed E-state index contributed by atoms with van der Waals surface area (Å²) in [7, 11) is 0. The van der Waals surface area contributed by atoms with E-state index >= 15 is 0 Å². The number of hydrogen-bond donors (Lipinski definition) is 3. The van der Waals surface area contributed by atoms with E-state index in [2.05, 4.69) is 20.5 Å². The summed E-state index contributed by atoms with van der Waals surface area (Å²) in [6.45, 7) is 0.156. The number of hydrogen-bond acceptors (Lipinski definition) is 8. The molecule has 3 aromatic rings. The van der Waals surface area contributed by atoms with E-state index in [0.717, 1.165) is 5.56 Å². The van der Waals surface area contributed by atoms with Crippen molar-refractivity contribution in [2.75, 3.05) is 12.1 Å². The minimum atomic E-state index is -0.815. The van der Waals surface area contributed by atoms with Gasteiger partial charge in [0.25, 0.3) is 0 Å². The Balaban J connectivity index is 1.57. The first-order valence-corrected chi connectivity index (χ1v) is 8.80. The normalized spacial score (nSPS) is 22.4. The summed E-state index contributed by atoms with van der Waals surface area (Å²) in [5.41, 5.74) is 4.17. The van der Waals surface area contributed by atoms with Crippen LogP contribution in [0.15, 0.2) is 36.5 Å². The van der Waals surface area contributed by atoms with Gasteiger partial charge in [-0.1, -0.05) is 30.3 Å². The average Bonchev–Trinajstić information content (AvgIpc) is 3.25. The van der Waals surface area contributed by atoms with Crippen LogP contribution in [0.2, 0.25) is 5.28 Å². The third-order valence-corrected chi connectivity index (χ3v) is 4.46. The van der Waals surface area contributed by atoms with Gasteiger partial charge in [-0.25, -0.2) is 10.2 Å². The standard InChI is InChI=1S/C17H18ClN5O4/c18-17-20-14(22-26-9-10-4-2-1-3-5-10)12-7-19-23(15(12)21-17)16-13(25)6-11(8-24)27-16/h1-5,7,11,13,16,24-25H,6,8-9H2,(H,20,21,22)/t11-,13+,16+/m0/s1. The van der Waals surface area contributed by atoms with E-state index in [1.807, 2.05) is 30.3 Å². The van der Waals surface area contributed by atoms with Crippen LogP contribution in [0.1, 0.15) is 18.2 Å². The molecule has 0 spiro atoms. The number of aliphatic hydroxyl groups excluding tert-OH is 2. The maximum absolute atomic E-state index is 10.2. The van der Waals surface area contributed by atoms with E-state index in [9.17, 15) is 10.2 Å². The summed E-state index contributed by atoms with van der Waals surface area (Å²) in [4.78, 5) is 13.9. The van der Waals surface area contributed by atoms with Crippen LogP contribution in [0.3, 0.4) is 0 Å². The minimum absolute atomic E-state index is 0.00116. The van der Waals surface area contributed by atoms with E-state index in [1.54, 1.807) is 6.20 Å². The van der Waals surface area contributed by atoms with Crippen molar-refractivity contribution in [2.24, 2.45) is 0 Å². The lowest BCUT2D eigenvalue weighted by atomic mass is 10.2. The van der Waals surface area contributed by atoms with Gasteiger partial charge in [0.05, 0.1) is 30.9 Å². The largest absolute Gasteiger partial charge is 0.394 e. The summed E-state index contributed by atoms with van der Waals surface area (Å²) in [5.74, 6) is 0.360. The summed E-state index contributed by atoms with van der Waals surface area (Å²) in [6.07, 6.45) is -0.170. The van der Waals surface area contributed by atoms with E-state index in [0.29, 0.717) is 29.9 Å². The molecule has 0 amide bonds. The highest BCUT2D eigenvalue weighted by Crippen LogP contribution is 2.32. The molecule has 1 saturated heterocycles. The number of benzene rings is 1. The van der Waals surface area contributed by atoms with Crippen molar-refractivity contribution < 1.29 is 19.8 Å². The molecule has 0 aliphatic carbocycles. The predicted molar refractivity (Wildman–Crippen MR) is 96.8 cm³/mol. The molecule has 0 unspecified atom stereocenters. The molecule has 3 N–H and O–H groups in total. The lowest BCUT2D eigenvalue weighted by Crippen LogP contribution is -2.21. The molecule has 1 fully saturated rings. The first kappa shape index (κ1) is 18.1. The Bertz CT molecular complexity index is 922. The molecular formula is C17H18ClN5O4. The third-order valence-electron chi connectivity index (χ3n) is 4.29. The van der Waals surface area contributed by atoms with Crippen LogP contribution >= 0.6 is 11.6 Å². The Labute approximate surface area is 159 Å². The highest BCUT2D eigenvalue weighted by molar-refractivity contribution is 6.28. The van der Waals surface area contributed by atoms with Crippen LogP contribution in [-0.2, 0) is 16.2 Å². The summed E-state index contributed by atoms with van der Waals surface area (Å²) in [6, 6.07) is 9.67. The van der Waals surface area contributed by atoms with Gasteiger partial charge in [0.2, 0.25) is 5.28 Å².